The SMILES string of the molecule is C=CCn1c(SCC(=O)N2CCC(C(N)=O)CC2)nnc1-c1ccc(OC)cc1. The lowest BCUT2D eigenvalue weighted by Crippen LogP contribution is -2.42. The van der Waals surface area contributed by atoms with Crippen LogP contribution in [0.1, 0.15) is 12.8 Å². The Morgan fingerprint density at radius 1 is 1.28 bits per heavy atom. The fraction of sp³-hybridized carbons (Fsp3) is 0.400. The molecule has 29 heavy (non-hydrogen) atoms. The number of thioether (sulfide) groups is 1. The number of methoxy groups -OCH3 is 1. The van der Waals surface area contributed by atoms with Gasteiger partial charge in [-0.2, -0.15) is 0 Å². The highest BCUT2D eigenvalue weighted by atomic mass is 32.2. The molecule has 154 valence electrons. The molecule has 0 aliphatic carbocycles. The van der Waals surface area contributed by atoms with E-state index >= 15 is 0 Å². The molecule has 1 aliphatic rings. The molecule has 2 heterocycles. The molecule has 0 bridgehead atoms. The number of allylic oxidation sites excluding steroid dienone is 1. The van der Waals surface area contributed by atoms with E-state index in [2.05, 4.69) is 16.8 Å². The molecule has 1 saturated heterocycles. The van der Waals surface area contributed by atoms with E-state index in [0.717, 1.165) is 11.3 Å². The average Bonchev–Trinajstić information content (AvgIpc) is 3.15. The van der Waals surface area contributed by atoms with E-state index in [1.54, 1.807) is 18.1 Å². The second-order valence-corrected chi connectivity index (χ2v) is 7.72. The summed E-state index contributed by atoms with van der Waals surface area (Å²) in [6, 6.07) is 7.58. The molecule has 0 unspecified atom stereocenters. The Kier molecular flexibility index (Phi) is 6.92. The second-order valence-electron chi connectivity index (χ2n) is 6.78. The molecular formula is C20H25N5O3S. The number of nitrogens with zero attached hydrogens (tertiary/aromatic N) is 4. The number of nitrogens with two attached hydrogens (primary N) is 1. The van der Waals surface area contributed by atoms with Crippen LogP contribution in [0.2, 0.25) is 0 Å². The first kappa shape index (κ1) is 20.9. The second kappa shape index (κ2) is 9.60. The molecule has 0 radical (unpaired) electrons. The van der Waals surface area contributed by atoms with Crippen LogP contribution in [0.5, 0.6) is 5.75 Å². The Labute approximate surface area is 174 Å². The predicted molar refractivity (Wildman–Crippen MR) is 111 cm³/mol. The van der Waals surface area contributed by atoms with Crippen LogP contribution < -0.4 is 10.5 Å². The molecule has 2 amide bonds. The first-order valence-corrected chi connectivity index (χ1v) is 10.4. The van der Waals surface area contributed by atoms with Gasteiger partial charge in [-0.15, -0.1) is 16.8 Å². The number of hydrogen-bond acceptors (Lipinski definition) is 6. The van der Waals surface area contributed by atoms with Crippen LogP contribution in [-0.2, 0) is 16.1 Å². The third-order valence-electron chi connectivity index (χ3n) is 4.95. The maximum absolute atomic E-state index is 12.6. The van der Waals surface area contributed by atoms with E-state index in [1.807, 2.05) is 28.8 Å². The van der Waals surface area contributed by atoms with Crippen molar-refractivity contribution in [2.24, 2.45) is 11.7 Å². The maximum Gasteiger partial charge on any atom is 0.233 e. The third kappa shape index (κ3) is 4.97. The van der Waals surface area contributed by atoms with Gasteiger partial charge in [-0.1, -0.05) is 17.8 Å². The Morgan fingerprint density at radius 3 is 2.55 bits per heavy atom. The maximum atomic E-state index is 12.6. The Balaban J connectivity index is 1.66. The number of primary amides is 1. The highest BCUT2D eigenvalue weighted by Crippen LogP contribution is 2.26. The predicted octanol–water partition coefficient (Wildman–Crippen LogP) is 1.96. The Hall–Kier alpha value is -2.81. The van der Waals surface area contributed by atoms with E-state index < -0.39 is 0 Å². The van der Waals surface area contributed by atoms with Crippen LogP contribution in [0.25, 0.3) is 11.4 Å². The van der Waals surface area contributed by atoms with E-state index in [0.29, 0.717) is 43.5 Å². The van der Waals surface area contributed by atoms with Crippen LogP contribution in [0, 0.1) is 5.92 Å². The average molecular weight is 416 g/mol. The molecule has 9 heteroatoms. The number of piperidine rings is 1. The molecule has 2 aromatic rings. The molecule has 0 spiro atoms. The molecule has 2 N–H and O–H groups in total. The van der Waals surface area contributed by atoms with Crippen molar-refractivity contribution in [3.8, 4) is 17.1 Å². The van der Waals surface area contributed by atoms with Crippen molar-refractivity contribution in [1.29, 1.82) is 0 Å². The minimum Gasteiger partial charge on any atom is -0.497 e. The summed E-state index contributed by atoms with van der Waals surface area (Å²) in [7, 11) is 1.62. The molecule has 3 rings (SSSR count). The van der Waals surface area contributed by atoms with Crippen molar-refractivity contribution >= 4 is 23.6 Å². The molecule has 1 aromatic carbocycles. The van der Waals surface area contributed by atoms with Gasteiger partial charge in [0, 0.05) is 31.1 Å². The summed E-state index contributed by atoms with van der Waals surface area (Å²) < 4.78 is 7.14. The Bertz CT molecular complexity index is 873. The summed E-state index contributed by atoms with van der Waals surface area (Å²) in [5.41, 5.74) is 6.26. The molecule has 0 saturated carbocycles. The summed E-state index contributed by atoms with van der Waals surface area (Å²) in [4.78, 5) is 25.6. The zero-order chi connectivity index (χ0) is 20.8. The highest BCUT2D eigenvalue weighted by molar-refractivity contribution is 7.99. The fourth-order valence-electron chi connectivity index (χ4n) is 3.27. The summed E-state index contributed by atoms with van der Waals surface area (Å²) in [5, 5.41) is 9.24. The molecule has 8 nitrogen and oxygen atoms in total. The van der Waals surface area contributed by atoms with Crippen LogP contribution in [-0.4, -0.2) is 57.4 Å². The van der Waals surface area contributed by atoms with Crippen LogP contribution in [0.3, 0.4) is 0 Å². The summed E-state index contributed by atoms with van der Waals surface area (Å²) in [6.45, 7) is 5.46. The zero-order valence-electron chi connectivity index (χ0n) is 16.4. The number of carbonyl (C=O) groups excluding carboxylic acids is 2. The van der Waals surface area contributed by atoms with Gasteiger partial charge in [-0.3, -0.25) is 14.2 Å². The van der Waals surface area contributed by atoms with Gasteiger partial charge in [0.1, 0.15) is 5.75 Å². The van der Waals surface area contributed by atoms with E-state index in [4.69, 9.17) is 10.5 Å². The number of benzene rings is 1. The lowest BCUT2D eigenvalue weighted by Gasteiger charge is -2.30. The van der Waals surface area contributed by atoms with E-state index in [1.165, 1.54) is 11.8 Å². The van der Waals surface area contributed by atoms with Crippen LogP contribution in [0.4, 0.5) is 0 Å². The number of hydrogen-bond donors (Lipinski definition) is 1. The molecular weight excluding hydrogens is 390 g/mol. The normalized spacial score (nSPS) is 14.6. The summed E-state index contributed by atoms with van der Waals surface area (Å²) in [5.74, 6) is 1.36. The molecule has 0 atom stereocenters. The van der Waals surface area contributed by atoms with Gasteiger partial charge in [0.2, 0.25) is 11.8 Å². The minimum absolute atomic E-state index is 0.0251. The summed E-state index contributed by atoms with van der Waals surface area (Å²) in [6.07, 6.45) is 3.02. The molecule has 1 aliphatic heterocycles. The lowest BCUT2D eigenvalue weighted by molar-refractivity contribution is -0.132. The van der Waals surface area contributed by atoms with Crippen molar-refractivity contribution in [3.05, 3.63) is 36.9 Å². The van der Waals surface area contributed by atoms with Crippen molar-refractivity contribution < 1.29 is 14.3 Å². The number of ether oxygens (including phenoxy) is 1. The van der Waals surface area contributed by atoms with Crippen LogP contribution in [0.15, 0.2) is 42.1 Å². The highest BCUT2D eigenvalue weighted by Gasteiger charge is 2.26. The zero-order valence-corrected chi connectivity index (χ0v) is 17.2. The van der Waals surface area contributed by atoms with Crippen molar-refractivity contribution in [1.82, 2.24) is 19.7 Å². The number of likely N-dealkylation sites (tertiary alicyclic amines) is 1. The van der Waals surface area contributed by atoms with Crippen molar-refractivity contribution in [3.63, 3.8) is 0 Å². The summed E-state index contributed by atoms with van der Waals surface area (Å²) >= 11 is 1.35. The lowest BCUT2D eigenvalue weighted by atomic mass is 9.96. The number of carbonyl (C=O) groups is 2. The van der Waals surface area contributed by atoms with Gasteiger partial charge in [0.05, 0.1) is 12.9 Å². The van der Waals surface area contributed by atoms with Gasteiger partial charge < -0.3 is 15.4 Å². The van der Waals surface area contributed by atoms with Crippen molar-refractivity contribution in [2.75, 3.05) is 26.0 Å². The van der Waals surface area contributed by atoms with Gasteiger partial charge >= 0.3 is 0 Å². The van der Waals surface area contributed by atoms with Crippen LogP contribution >= 0.6 is 11.8 Å². The molecule has 1 aromatic heterocycles. The minimum atomic E-state index is -0.282. The monoisotopic (exact) mass is 415 g/mol. The smallest absolute Gasteiger partial charge is 0.233 e. The van der Waals surface area contributed by atoms with Gasteiger partial charge in [-0.05, 0) is 37.1 Å². The number of amides is 2. The van der Waals surface area contributed by atoms with Crippen molar-refractivity contribution in [2.45, 2.75) is 24.5 Å². The molecule has 1 fully saturated rings. The van der Waals surface area contributed by atoms with Gasteiger partial charge in [0.25, 0.3) is 0 Å². The number of aromatic nitrogens is 3. The number of rotatable bonds is 8. The fourth-order valence-corrected chi connectivity index (χ4v) is 4.12. The first-order valence-electron chi connectivity index (χ1n) is 9.42. The standard InChI is InChI=1S/C20H25N5O3S/c1-3-10-25-19(15-4-6-16(28-2)7-5-15)22-23-20(25)29-13-17(26)24-11-8-14(9-12-24)18(21)27/h3-7,14H,1,8-13H2,2H3,(H2,21,27). The van der Waals surface area contributed by atoms with Gasteiger partial charge in [0.15, 0.2) is 11.0 Å². The quantitative estimate of drug-likeness (QED) is 0.522. The first-order chi connectivity index (χ1) is 14.0. The third-order valence-corrected chi connectivity index (χ3v) is 5.90. The largest absolute Gasteiger partial charge is 0.497 e. The van der Waals surface area contributed by atoms with E-state index in [9.17, 15) is 9.59 Å². The van der Waals surface area contributed by atoms with Gasteiger partial charge in [-0.25, -0.2) is 0 Å². The topological polar surface area (TPSA) is 103 Å². The van der Waals surface area contributed by atoms with E-state index in [-0.39, 0.29) is 23.5 Å². The Morgan fingerprint density at radius 2 is 1.97 bits per heavy atom.